The first-order valence-electron chi connectivity index (χ1n) is 8.62. The van der Waals surface area contributed by atoms with Crippen molar-refractivity contribution in [3.63, 3.8) is 0 Å². The van der Waals surface area contributed by atoms with E-state index in [0.29, 0.717) is 11.1 Å². The largest absolute Gasteiger partial charge is 0.411 e. The third-order valence-electron chi connectivity index (χ3n) is 4.41. The Balaban J connectivity index is 1.34. The molecule has 0 radical (unpaired) electrons. The van der Waals surface area contributed by atoms with Gasteiger partial charge in [-0.25, -0.2) is 0 Å². The number of aromatic nitrogens is 2. The van der Waals surface area contributed by atoms with Gasteiger partial charge in [-0.2, -0.15) is 0 Å². The zero-order valence-electron chi connectivity index (χ0n) is 14.5. The van der Waals surface area contributed by atoms with Gasteiger partial charge in [0.15, 0.2) is 0 Å². The van der Waals surface area contributed by atoms with Crippen molar-refractivity contribution < 1.29 is 9.21 Å². The van der Waals surface area contributed by atoms with E-state index in [1.807, 2.05) is 37.3 Å². The maximum atomic E-state index is 12.2. The summed E-state index contributed by atoms with van der Waals surface area (Å²) in [5, 5.41) is 11.4. The molecule has 3 aromatic rings. The minimum atomic E-state index is -0.0805. The number of aryl methyl sites for hydroxylation is 3. The van der Waals surface area contributed by atoms with E-state index in [1.165, 1.54) is 34.9 Å². The Hall–Kier alpha value is -2.60. The molecule has 0 fully saturated rings. The molecule has 1 N–H and O–H groups in total. The summed E-state index contributed by atoms with van der Waals surface area (Å²) < 4.78 is 5.63. The summed E-state index contributed by atoms with van der Waals surface area (Å²) in [5.74, 6) is 0.613. The van der Waals surface area contributed by atoms with Crippen molar-refractivity contribution in [2.45, 2.75) is 31.4 Å². The van der Waals surface area contributed by atoms with Gasteiger partial charge in [-0.3, -0.25) is 4.79 Å². The number of thioether (sulfide) groups is 1. The molecule has 6 heteroatoms. The fraction of sp³-hybridized carbons (Fsp3) is 0.250. The van der Waals surface area contributed by atoms with E-state index >= 15 is 0 Å². The van der Waals surface area contributed by atoms with E-state index in [-0.39, 0.29) is 11.7 Å². The first-order chi connectivity index (χ1) is 12.7. The van der Waals surface area contributed by atoms with Gasteiger partial charge in [0.2, 0.25) is 11.8 Å². The maximum absolute atomic E-state index is 12.2. The van der Waals surface area contributed by atoms with Crippen molar-refractivity contribution in [3.8, 4) is 11.5 Å². The topological polar surface area (TPSA) is 68.0 Å². The molecule has 1 aliphatic carbocycles. The summed E-state index contributed by atoms with van der Waals surface area (Å²) in [5.41, 5.74) is 5.63. The van der Waals surface area contributed by atoms with Gasteiger partial charge in [0, 0.05) is 11.3 Å². The van der Waals surface area contributed by atoms with Gasteiger partial charge < -0.3 is 9.73 Å². The van der Waals surface area contributed by atoms with Crippen LogP contribution in [0.1, 0.15) is 23.1 Å². The van der Waals surface area contributed by atoms with E-state index in [0.717, 1.165) is 24.1 Å². The number of carbonyl (C=O) groups is 1. The highest BCUT2D eigenvalue weighted by molar-refractivity contribution is 7.99. The number of hydrogen-bond acceptors (Lipinski definition) is 5. The molecule has 132 valence electrons. The number of hydrogen-bond donors (Lipinski definition) is 1. The number of nitrogens with zero attached hydrogens (tertiary/aromatic N) is 2. The summed E-state index contributed by atoms with van der Waals surface area (Å²) in [6.07, 6.45) is 3.43. The van der Waals surface area contributed by atoms with Crippen molar-refractivity contribution in [1.82, 2.24) is 10.2 Å². The number of rotatable bonds is 5. The molecule has 1 amide bonds. The molecule has 1 aliphatic rings. The molecular formula is C20H19N3O2S. The van der Waals surface area contributed by atoms with Gasteiger partial charge in [-0.05, 0) is 61.6 Å². The zero-order chi connectivity index (χ0) is 17.9. The van der Waals surface area contributed by atoms with Gasteiger partial charge in [0.1, 0.15) is 0 Å². The summed E-state index contributed by atoms with van der Waals surface area (Å²) in [6.45, 7) is 2.03. The van der Waals surface area contributed by atoms with E-state index in [2.05, 4.69) is 27.6 Å². The summed E-state index contributed by atoms with van der Waals surface area (Å²) in [7, 11) is 0. The van der Waals surface area contributed by atoms with Crippen LogP contribution in [0.2, 0.25) is 0 Å². The molecule has 0 spiro atoms. The van der Waals surface area contributed by atoms with Crippen molar-refractivity contribution in [3.05, 3.63) is 59.2 Å². The van der Waals surface area contributed by atoms with Crippen molar-refractivity contribution >= 4 is 23.4 Å². The second-order valence-corrected chi connectivity index (χ2v) is 7.34. The van der Waals surface area contributed by atoms with Crippen LogP contribution in [0.15, 0.2) is 52.1 Å². The average molecular weight is 365 g/mol. The number of anilines is 1. The first kappa shape index (κ1) is 16.8. The molecular weight excluding hydrogens is 346 g/mol. The zero-order valence-corrected chi connectivity index (χ0v) is 15.3. The fourth-order valence-corrected chi connectivity index (χ4v) is 3.62. The Labute approximate surface area is 156 Å². The van der Waals surface area contributed by atoms with E-state index in [1.54, 1.807) is 0 Å². The Morgan fingerprint density at radius 3 is 2.77 bits per heavy atom. The predicted molar refractivity (Wildman–Crippen MR) is 102 cm³/mol. The first-order valence-corrected chi connectivity index (χ1v) is 9.61. The lowest BCUT2D eigenvalue weighted by molar-refractivity contribution is -0.113. The van der Waals surface area contributed by atoms with Crippen LogP contribution in [0.3, 0.4) is 0 Å². The van der Waals surface area contributed by atoms with Crippen molar-refractivity contribution in [1.29, 1.82) is 0 Å². The highest BCUT2D eigenvalue weighted by Crippen LogP contribution is 2.26. The van der Waals surface area contributed by atoms with Crippen LogP contribution in [0.25, 0.3) is 11.5 Å². The van der Waals surface area contributed by atoms with Crippen LogP contribution in [-0.4, -0.2) is 21.9 Å². The lowest BCUT2D eigenvalue weighted by atomic mass is 10.1. The molecule has 0 atom stereocenters. The number of fused-ring (bicyclic) bond motifs is 1. The second-order valence-electron chi connectivity index (χ2n) is 6.41. The van der Waals surface area contributed by atoms with Crippen molar-refractivity contribution in [2.75, 3.05) is 11.1 Å². The van der Waals surface area contributed by atoms with Crippen LogP contribution >= 0.6 is 11.8 Å². The van der Waals surface area contributed by atoms with E-state index in [4.69, 9.17) is 4.42 Å². The van der Waals surface area contributed by atoms with E-state index < -0.39 is 0 Å². The van der Waals surface area contributed by atoms with Crippen LogP contribution in [0.4, 0.5) is 5.69 Å². The molecule has 5 nitrogen and oxygen atoms in total. The standard InChI is InChI=1S/C20H19N3O2S/c1-13-5-7-15(8-6-13)19-22-23-20(25-19)26-12-18(24)21-17-10-9-14-3-2-4-16(14)11-17/h5-11H,2-4,12H2,1H3,(H,21,24). The lowest BCUT2D eigenvalue weighted by Gasteiger charge is -2.06. The molecule has 0 bridgehead atoms. The molecule has 1 heterocycles. The highest BCUT2D eigenvalue weighted by Gasteiger charge is 2.13. The Kier molecular flexibility index (Phi) is 4.75. The van der Waals surface area contributed by atoms with E-state index in [9.17, 15) is 4.79 Å². The smallest absolute Gasteiger partial charge is 0.277 e. The number of nitrogens with one attached hydrogen (secondary N) is 1. The second kappa shape index (κ2) is 7.33. The normalized spacial score (nSPS) is 12.8. The molecule has 4 rings (SSSR count). The molecule has 0 unspecified atom stereocenters. The predicted octanol–water partition coefficient (Wildman–Crippen LogP) is 4.26. The number of benzene rings is 2. The van der Waals surface area contributed by atoms with Crippen LogP contribution < -0.4 is 5.32 Å². The fourth-order valence-electron chi connectivity index (χ4n) is 3.05. The molecule has 0 saturated heterocycles. The minimum absolute atomic E-state index is 0.0805. The number of carbonyl (C=O) groups excluding carboxylic acids is 1. The Morgan fingerprint density at radius 1 is 1.12 bits per heavy atom. The van der Waals surface area contributed by atoms with Gasteiger partial charge in [-0.15, -0.1) is 10.2 Å². The molecule has 26 heavy (non-hydrogen) atoms. The Bertz CT molecular complexity index is 934. The maximum Gasteiger partial charge on any atom is 0.277 e. The monoisotopic (exact) mass is 365 g/mol. The van der Waals surface area contributed by atoms with Gasteiger partial charge >= 0.3 is 0 Å². The summed E-state index contributed by atoms with van der Waals surface area (Å²) in [6, 6.07) is 14.0. The quantitative estimate of drug-likeness (QED) is 0.684. The van der Waals surface area contributed by atoms with Gasteiger partial charge in [0.05, 0.1) is 5.75 Å². The lowest BCUT2D eigenvalue weighted by Crippen LogP contribution is -2.14. The van der Waals surface area contributed by atoms with Gasteiger partial charge in [-0.1, -0.05) is 35.5 Å². The third kappa shape index (κ3) is 3.80. The van der Waals surface area contributed by atoms with Gasteiger partial charge in [0.25, 0.3) is 5.22 Å². The van der Waals surface area contributed by atoms with Crippen LogP contribution in [0.5, 0.6) is 0 Å². The van der Waals surface area contributed by atoms with Crippen LogP contribution in [-0.2, 0) is 17.6 Å². The Morgan fingerprint density at radius 2 is 1.92 bits per heavy atom. The molecule has 0 aliphatic heterocycles. The highest BCUT2D eigenvalue weighted by atomic mass is 32.2. The number of amides is 1. The average Bonchev–Trinajstić information content (AvgIpc) is 3.29. The minimum Gasteiger partial charge on any atom is -0.411 e. The van der Waals surface area contributed by atoms with Crippen molar-refractivity contribution in [2.24, 2.45) is 0 Å². The molecule has 1 aromatic heterocycles. The summed E-state index contributed by atoms with van der Waals surface area (Å²) >= 11 is 1.24. The molecule has 0 saturated carbocycles. The third-order valence-corrected chi connectivity index (χ3v) is 5.23. The summed E-state index contributed by atoms with van der Waals surface area (Å²) in [4.78, 5) is 12.2. The molecule has 2 aromatic carbocycles. The SMILES string of the molecule is Cc1ccc(-c2nnc(SCC(=O)Nc3ccc4c(c3)CCC4)o2)cc1. The van der Waals surface area contributed by atoms with Crippen LogP contribution in [0, 0.1) is 6.92 Å².